The minimum Gasteiger partial charge on any atom is -0.309 e. The molecule has 4 heteroatoms. The predicted molar refractivity (Wildman–Crippen MR) is 78.1 cm³/mol. The molecule has 19 heavy (non-hydrogen) atoms. The zero-order chi connectivity index (χ0) is 14.5. The molecule has 0 aliphatic carbocycles. The predicted octanol–water partition coefficient (Wildman–Crippen LogP) is 3.50. The van der Waals surface area contributed by atoms with E-state index in [9.17, 15) is 4.79 Å². The van der Waals surface area contributed by atoms with Crippen molar-refractivity contribution in [3.63, 3.8) is 0 Å². The summed E-state index contributed by atoms with van der Waals surface area (Å²) in [7, 11) is 0. The Bertz CT molecular complexity index is 436. The van der Waals surface area contributed by atoms with E-state index in [1.165, 1.54) is 12.8 Å². The van der Waals surface area contributed by atoms with Crippen molar-refractivity contribution in [2.75, 3.05) is 5.32 Å². The molecule has 1 N–H and O–H groups in total. The Morgan fingerprint density at radius 3 is 2.53 bits per heavy atom. The van der Waals surface area contributed by atoms with Gasteiger partial charge in [-0.2, -0.15) is 5.10 Å². The summed E-state index contributed by atoms with van der Waals surface area (Å²) in [5, 5.41) is 11.1. The van der Waals surface area contributed by atoms with Crippen molar-refractivity contribution in [2.24, 2.45) is 5.41 Å². The molecular formula is C15H25N3O. The number of carbonyl (C=O) groups is 1. The summed E-state index contributed by atoms with van der Waals surface area (Å²) in [6.45, 7) is 9.77. The van der Waals surface area contributed by atoms with E-state index in [2.05, 4.69) is 22.4 Å². The molecule has 0 unspecified atom stereocenters. The third kappa shape index (κ3) is 4.97. The number of carbonyl (C=O) groups excluding carboxylic acids is 1. The maximum atomic E-state index is 12.0. The number of nitrogens with zero attached hydrogens (tertiary/aromatic N) is 2. The summed E-state index contributed by atoms with van der Waals surface area (Å²) in [6.07, 6.45) is 4.42. The lowest BCUT2D eigenvalue weighted by atomic mass is 9.95. The van der Waals surface area contributed by atoms with Crippen LogP contribution >= 0.6 is 0 Å². The molecule has 0 radical (unpaired) electrons. The van der Waals surface area contributed by atoms with Crippen LogP contribution in [-0.2, 0) is 11.2 Å². The summed E-state index contributed by atoms with van der Waals surface area (Å²) in [6, 6.07) is 2.01. The number of hydrogen-bond acceptors (Lipinski definition) is 3. The van der Waals surface area contributed by atoms with E-state index in [0.29, 0.717) is 5.82 Å². The fraction of sp³-hybridized carbons (Fsp3) is 0.667. The molecule has 0 bridgehead atoms. The quantitative estimate of drug-likeness (QED) is 0.827. The Kier molecular flexibility index (Phi) is 5.45. The van der Waals surface area contributed by atoms with Gasteiger partial charge >= 0.3 is 0 Å². The molecule has 0 aliphatic heterocycles. The van der Waals surface area contributed by atoms with Gasteiger partial charge < -0.3 is 5.32 Å². The Labute approximate surface area is 116 Å². The van der Waals surface area contributed by atoms with E-state index in [0.717, 1.165) is 24.1 Å². The number of aryl methyl sites for hydroxylation is 2. The highest BCUT2D eigenvalue weighted by atomic mass is 16.2. The van der Waals surface area contributed by atoms with Crippen LogP contribution in [-0.4, -0.2) is 16.1 Å². The Hall–Kier alpha value is -1.45. The maximum absolute atomic E-state index is 12.0. The molecule has 106 valence electrons. The molecule has 1 aromatic heterocycles. The number of nitrogens with one attached hydrogen (secondary N) is 1. The zero-order valence-electron chi connectivity index (χ0n) is 12.7. The second-order valence-electron chi connectivity index (χ2n) is 6.02. The summed E-state index contributed by atoms with van der Waals surface area (Å²) in [5.74, 6) is 0.587. The van der Waals surface area contributed by atoms with Gasteiger partial charge in [-0.25, -0.2) is 0 Å². The van der Waals surface area contributed by atoms with Crippen molar-refractivity contribution in [1.82, 2.24) is 10.2 Å². The molecule has 1 heterocycles. The summed E-state index contributed by atoms with van der Waals surface area (Å²) < 4.78 is 0. The third-order valence-corrected chi connectivity index (χ3v) is 2.96. The highest BCUT2D eigenvalue weighted by molar-refractivity contribution is 5.94. The van der Waals surface area contributed by atoms with Crippen LogP contribution in [0, 0.1) is 12.3 Å². The lowest BCUT2D eigenvalue weighted by molar-refractivity contribution is -0.123. The topological polar surface area (TPSA) is 54.9 Å². The number of amides is 1. The minimum absolute atomic E-state index is 0.0256. The normalized spacial score (nSPS) is 11.4. The van der Waals surface area contributed by atoms with Crippen LogP contribution in [0.3, 0.4) is 0 Å². The van der Waals surface area contributed by atoms with E-state index in [1.54, 1.807) is 0 Å². The van der Waals surface area contributed by atoms with Gasteiger partial charge in [0.25, 0.3) is 0 Å². The highest BCUT2D eigenvalue weighted by Gasteiger charge is 2.22. The zero-order valence-corrected chi connectivity index (χ0v) is 12.7. The van der Waals surface area contributed by atoms with E-state index >= 15 is 0 Å². The lowest BCUT2D eigenvalue weighted by Gasteiger charge is -2.18. The molecule has 0 saturated carbocycles. The van der Waals surface area contributed by atoms with Gasteiger partial charge in [-0.05, 0) is 31.4 Å². The molecule has 1 rings (SSSR count). The van der Waals surface area contributed by atoms with Crippen LogP contribution in [0.15, 0.2) is 6.07 Å². The average molecular weight is 263 g/mol. The first-order chi connectivity index (χ1) is 8.84. The van der Waals surface area contributed by atoms with Crippen molar-refractivity contribution in [3.05, 3.63) is 17.3 Å². The van der Waals surface area contributed by atoms with Crippen LogP contribution in [0.4, 0.5) is 5.82 Å². The number of aromatic nitrogens is 2. The van der Waals surface area contributed by atoms with Crippen LogP contribution in [0.5, 0.6) is 0 Å². The van der Waals surface area contributed by atoms with Crippen LogP contribution in [0.1, 0.15) is 58.2 Å². The first-order valence-corrected chi connectivity index (χ1v) is 6.99. The molecule has 1 aromatic rings. The van der Waals surface area contributed by atoms with Gasteiger partial charge in [0, 0.05) is 5.41 Å². The van der Waals surface area contributed by atoms with Gasteiger partial charge in [-0.15, -0.1) is 5.10 Å². The molecule has 0 aromatic carbocycles. The van der Waals surface area contributed by atoms with Crippen molar-refractivity contribution in [1.29, 1.82) is 0 Å². The second-order valence-corrected chi connectivity index (χ2v) is 6.02. The molecule has 0 atom stereocenters. The molecule has 0 spiro atoms. The molecule has 0 aliphatic rings. The van der Waals surface area contributed by atoms with E-state index in [1.807, 2.05) is 33.8 Å². The molecule has 0 saturated heterocycles. The number of unbranched alkanes of at least 4 members (excludes halogenated alkanes) is 2. The van der Waals surface area contributed by atoms with Crippen molar-refractivity contribution in [2.45, 2.75) is 60.3 Å². The van der Waals surface area contributed by atoms with Crippen LogP contribution in [0.25, 0.3) is 0 Å². The van der Waals surface area contributed by atoms with E-state index < -0.39 is 5.41 Å². The van der Waals surface area contributed by atoms with Gasteiger partial charge in [-0.3, -0.25) is 4.79 Å². The Balaban J connectivity index is 2.84. The SMILES string of the molecule is CCCCCc1cc(C)nnc1NC(=O)C(C)(C)C. The largest absolute Gasteiger partial charge is 0.309 e. The van der Waals surface area contributed by atoms with Crippen LogP contribution in [0.2, 0.25) is 0 Å². The molecular weight excluding hydrogens is 238 g/mol. The Morgan fingerprint density at radius 1 is 1.26 bits per heavy atom. The van der Waals surface area contributed by atoms with Gasteiger partial charge in [0.1, 0.15) is 0 Å². The maximum Gasteiger partial charge on any atom is 0.230 e. The average Bonchev–Trinajstić information content (AvgIpc) is 2.31. The number of rotatable bonds is 5. The summed E-state index contributed by atoms with van der Waals surface area (Å²) in [5.41, 5.74) is 1.55. The van der Waals surface area contributed by atoms with Gasteiger partial charge in [-0.1, -0.05) is 40.5 Å². The summed E-state index contributed by atoms with van der Waals surface area (Å²) >= 11 is 0. The summed E-state index contributed by atoms with van der Waals surface area (Å²) in [4.78, 5) is 12.0. The fourth-order valence-electron chi connectivity index (χ4n) is 1.70. The van der Waals surface area contributed by atoms with Crippen molar-refractivity contribution < 1.29 is 4.79 Å². The number of anilines is 1. The molecule has 0 fully saturated rings. The van der Waals surface area contributed by atoms with Crippen molar-refractivity contribution in [3.8, 4) is 0 Å². The first kappa shape index (κ1) is 15.6. The third-order valence-electron chi connectivity index (χ3n) is 2.96. The van der Waals surface area contributed by atoms with Gasteiger partial charge in [0.05, 0.1) is 5.69 Å². The number of hydrogen-bond donors (Lipinski definition) is 1. The van der Waals surface area contributed by atoms with Gasteiger partial charge in [0.2, 0.25) is 5.91 Å². The molecule has 1 amide bonds. The molecule has 4 nitrogen and oxygen atoms in total. The van der Waals surface area contributed by atoms with E-state index in [-0.39, 0.29) is 5.91 Å². The standard InChI is InChI=1S/C15H25N3O/c1-6-7-8-9-12-10-11(2)17-18-13(12)16-14(19)15(3,4)5/h10H,6-9H2,1-5H3,(H,16,18,19). The minimum atomic E-state index is -0.423. The van der Waals surface area contributed by atoms with Gasteiger partial charge in [0.15, 0.2) is 5.82 Å². The van der Waals surface area contributed by atoms with E-state index in [4.69, 9.17) is 0 Å². The van der Waals surface area contributed by atoms with Crippen molar-refractivity contribution >= 4 is 11.7 Å². The first-order valence-electron chi connectivity index (χ1n) is 6.99. The smallest absolute Gasteiger partial charge is 0.230 e. The van der Waals surface area contributed by atoms with Crippen LogP contribution < -0.4 is 5.32 Å². The monoisotopic (exact) mass is 263 g/mol. The highest BCUT2D eigenvalue weighted by Crippen LogP contribution is 2.20. The second kappa shape index (κ2) is 6.64. The Morgan fingerprint density at radius 2 is 1.95 bits per heavy atom. The fourth-order valence-corrected chi connectivity index (χ4v) is 1.70. The lowest BCUT2D eigenvalue weighted by Crippen LogP contribution is -2.28.